The van der Waals surface area contributed by atoms with Gasteiger partial charge in [0, 0.05) is 13.2 Å². The van der Waals surface area contributed by atoms with E-state index < -0.39 is 5.97 Å². The van der Waals surface area contributed by atoms with Crippen molar-refractivity contribution in [2.45, 2.75) is 13.2 Å². The maximum Gasteiger partial charge on any atom is 0.358 e. The van der Waals surface area contributed by atoms with Gasteiger partial charge in [-0.3, -0.25) is 0 Å². The summed E-state index contributed by atoms with van der Waals surface area (Å²) in [4.78, 5) is 10.6. The summed E-state index contributed by atoms with van der Waals surface area (Å²) in [5, 5.41) is 19.6. The normalized spacial score (nSPS) is 10.6. The fourth-order valence-electron chi connectivity index (χ4n) is 1.28. The molecule has 0 amide bonds. The van der Waals surface area contributed by atoms with Crippen molar-refractivity contribution in [3.8, 4) is 0 Å². The van der Waals surface area contributed by atoms with E-state index in [2.05, 4.69) is 15.5 Å². The smallest absolute Gasteiger partial charge is 0.358 e. The first kappa shape index (κ1) is 11.3. The predicted octanol–water partition coefficient (Wildman–Crippen LogP) is 0.159. The number of ether oxygens (including phenoxy) is 1. The van der Waals surface area contributed by atoms with Gasteiger partial charge in [0.1, 0.15) is 12.3 Å². The van der Waals surface area contributed by atoms with Crippen LogP contribution in [0, 0.1) is 0 Å². The van der Waals surface area contributed by atoms with Crippen molar-refractivity contribution >= 4 is 5.97 Å². The van der Waals surface area contributed by atoms with E-state index in [4.69, 9.17) is 14.4 Å². The Kier molecular flexibility index (Phi) is 3.15. The van der Waals surface area contributed by atoms with Gasteiger partial charge in [0.15, 0.2) is 11.5 Å². The minimum Gasteiger partial charge on any atom is -0.476 e. The lowest BCUT2D eigenvalue weighted by Gasteiger charge is -1.92. The van der Waals surface area contributed by atoms with E-state index in [0.717, 1.165) is 0 Å². The highest BCUT2D eigenvalue weighted by Crippen LogP contribution is 2.06. The molecule has 0 atom stereocenters. The van der Waals surface area contributed by atoms with Gasteiger partial charge >= 0.3 is 5.97 Å². The van der Waals surface area contributed by atoms with Gasteiger partial charge in [0.2, 0.25) is 0 Å². The van der Waals surface area contributed by atoms with E-state index in [1.54, 1.807) is 13.2 Å². The third-order valence-corrected chi connectivity index (χ3v) is 1.98. The Morgan fingerprint density at radius 1 is 1.65 bits per heavy atom. The van der Waals surface area contributed by atoms with Crippen LogP contribution in [0.4, 0.5) is 0 Å². The topological polar surface area (TPSA) is 103 Å². The summed E-state index contributed by atoms with van der Waals surface area (Å²) in [5.74, 6) is -0.516. The van der Waals surface area contributed by atoms with Gasteiger partial charge in [-0.15, -0.1) is 5.10 Å². The summed E-state index contributed by atoms with van der Waals surface area (Å²) in [6.45, 7) is 0.637. The lowest BCUT2D eigenvalue weighted by atomic mass is 10.3. The van der Waals surface area contributed by atoms with Gasteiger partial charge in [0.05, 0.1) is 12.7 Å². The number of carboxylic acids is 1. The highest BCUT2D eigenvalue weighted by molar-refractivity contribution is 5.84. The minimum atomic E-state index is -1.11. The lowest BCUT2D eigenvalue weighted by molar-refractivity contribution is 0.0690. The highest BCUT2D eigenvalue weighted by atomic mass is 16.5. The molecule has 2 rings (SSSR count). The SMILES string of the molecule is COCc1cc(Cn2cc(C(=O)O)nn2)no1. The molecule has 0 aliphatic heterocycles. The zero-order chi connectivity index (χ0) is 12.3. The van der Waals surface area contributed by atoms with Gasteiger partial charge in [-0.25, -0.2) is 9.48 Å². The van der Waals surface area contributed by atoms with Crippen LogP contribution in [-0.4, -0.2) is 38.3 Å². The third kappa shape index (κ3) is 2.67. The van der Waals surface area contributed by atoms with E-state index in [9.17, 15) is 4.79 Å². The molecular formula is C9H10N4O4. The fourth-order valence-corrected chi connectivity index (χ4v) is 1.28. The van der Waals surface area contributed by atoms with Crippen molar-refractivity contribution in [3.63, 3.8) is 0 Å². The quantitative estimate of drug-likeness (QED) is 0.791. The number of carbonyl (C=O) groups is 1. The number of methoxy groups -OCH3 is 1. The van der Waals surface area contributed by atoms with Gasteiger partial charge < -0.3 is 14.4 Å². The number of carboxylic acid groups (broad SMARTS) is 1. The third-order valence-electron chi connectivity index (χ3n) is 1.98. The number of nitrogens with zero attached hydrogens (tertiary/aromatic N) is 4. The molecule has 2 aromatic rings. The molecule has 2 aromatic heterocycles. The molecule has 0 aromatic carbocycles. The molecule has 0 saturated carbocycles. The van der Waals surface area contributed by atoms with Crippen LogP contribution in [-0.2, 0) is 17.9 Å². The zero-order valence-electron chi connectivity index (χ0n) is 9.03. The molecule has 0 aliphatic carbocycles. The summed E-state index contributed by atoms with van der Waals surface area (Å²) in [5.41, 5.74) is 0.518. The van der Waals surface area contributed by atoms with Crippen LogP contribution in [0.1, 0.15) is 21.9 Å². The van der Waals surface area contributed by atoms with Crippen molar-refractivity contribution in [1.82, 2.24) is 20.2 Å². The van der Waals surface area contributed by atoms with Crippen LogP contribution in [0.15, 0.2) is 16.8 Å². The maximum absolute atomic E-state index is 10.6. The molecular weight excluding hydrogens is 228 g/mol. The molecule has 0 bridgehead atoms. The molecule has 0 fully saturated rings. The van der Waals surface area contributed by atoms with Crippen molar-refractivity contribution < 1.29 is 19.2 Å². The molecule has 0 unspecified atom stereocenters. The van der Waals surface area contributed by atoms with E-state index in [-0.39, 0.29) is 5.69 Å². The number of hydrogen-bond acceptors (Lipinski definition) is 6. The molecule has 8 heteroatoms. The first-order valence-corrected chi connectivity index (χ1v) is 4.76. The van der Waals surface area contributed by atoms with Crippen LogP contribution in [0.5, 0.6) is 0 Å². The highest BCUT2D eigenvalue weighted by Gasteiger charge is 2.10. The van der Waals surface area contributed by atoms with Crippen molar-refractivity contribution in [3.05, 3.63) is 29.4 Å². The fraction of sp³-hybridized carbons (Fsp3) is 0.333. The number of rotatable bonds is 5. The first-order valence-electron chi connectivity index (χ1n) is 4.76. The summed E-state index contributed by atoms with van der Waals surface area (Å²) in [6, 6.07) is 1.71. The lowest BCUT2D eigenvalue weighted by Crippen LogP contribution is -2.00. The molecule has 8 nitrogen and oxygen atoms in total. The standard InChI is InChI=1S/C9H10N4O4/c1-16-5-7-2-6(11-17-7)3-13-4-8(9(14)15)10-12-13/h2,4H,3,5H2,1H3,(H,14,15). The largest absolute Gasteiger partial charge is 0.476 e. The van der Waals surface area contributed by atoms with Crippen LogP contribution < -0.4 is 0 Å². The number of aromatic nitrogens is 4. The Labute approximate surface area is 95.8 Å². The Morgan fingerprint density at radius 3 is 3.12 bits per heavy atom. The first-order chi connectivity index (χ1) is 8.19. The molecule has 17 heavy (non-hydrogen) atoms. The Bertz CT molecular complexity index is 519. The van der Waals surface area contributed by atoms with E-state index in [0.29, 0.717) is 24.6 Å². The Hall–Kier alpha value is -2.22. The second-order valence-electron chi connectivity index (χ2n) is 3.32. The van der Waals surface area contributed by atoms with Crippen LogP contribution in [0.25, 0.3) is 0 Å². The summed E-state index contributed by atoms with van der Waals surface area (Å²) in [7, 11) is 1.55. The van der Waals surface area contributed by atoms with Gasteiger partial charge in [-0.2, -0.15) is 0 Å². The van der Waals surface area contributed by atoms with Crippen LogP contribution >= 0.6 is 0 Å². The average molecular weight is 238 g/mol. The predicted molar refractivity (Wildman–Crippen MR) is 53.3 cm³/mol. The summed E-state index contributed by atoms with van der Waals surface area (Å²) in [6.07, 6.45) is 1.33. The summed E-state index contributed by atoms with van der Waals surface area (Å²) < 4.78 is 11.2. The van der Waals surface area contributed by atoms with E-state index >= 15 is 0 Å². The molecule has 0 spiro atoms. The second kappa shape index (κ2) is 4.74. The minimum absolute atomic E-state index is 0.106. The van der Waals surface area contributed by atoms with E-state index in [1.165, 1.54) is 10.9 Å². The van der Waals surface area contributed by atoms with Crippen molar-refractivity contribution in [2.75, 3.05) is 7.11 Å². The second-order valence-corrected chi connectivity index (χ2v) is 3.32. The van der Waals surface area contributed by atoms with Crippen LogP contribution in [0.3, 0.4) is 0 Å². The van der Waals surface area contributed by atoms with Crippen molar-refractivity contribution in [2.24, 2.45) is 0 Å². The average Bonchev–Trinajstić information content (AvgIpc) is 2.89. The molecule has 0 saturated heterocycles. The maximum atomic E-state index is 10.6. The molecule has 0 radical (unpaired) electrons. The van der Waals surface area contributed by atoms with Crippen molar-refractivity contribution in [1.29, 1.82) is 0 Å². The molecule has 90 valence electrons. The monoisotopic (exact) mass is 238 g/mol. The van der Waals surface area contributed by atoms with E-state index in [1.807, 2.05) is 0 Å². The number of aromatic carboxylic acids is 1. The van der Waals surface area contributed by atoms with Crippen LogP contribution in [0.2, 0.25) is 0 Å². The van der Waals surface area contributed by atoms with Gasteiger partial charge in [-0.1, -0.05) is 10.4 Å². The van der Waals surface area contributed by atoms with Gasteiger partial charge in [0.25, 0.3) is 0 Å². The van der Waals surface area contributed by atoms with Gasteiger partial charge in [-0.05, 0) is 0 Å². The summed E-state index contributed by atoms with van der Waals surface area (Å²) >= 11 is 0. The number of hydrogen-bond donors (Lipinski definition) is 1. The molecule has 2 heterocycles. The zero-order valence-corrected chi connectivity index (χ0v) is 9.03. The Morgan fingerprint density at radius 2 is 2.47 bits per heavy atom. The molecule has 1 N–H and O–H groups in total. The molecule has 0 aliphatic rings. The Balaban J connectivity index is 2.05.